The first kappa shape index (κ1) is 18.4. The summed E-state index contributed by atoms with van der Waals surface area (Å²) in [5.74, 6) is -0.427. The predicted octanol–water partition coefficient (Wildman–Crippen LogP) is 4.31. The Morgan fingerprint density at radius 1 is 1.15 bits per heavy atom. The number of ether oxygens (including phenoxy) is 3. The van der Waals surface area contributed by atoms with Crippen LogP contribution in [0, 0.1) is 0 Å². The second kappa shape index (κ2) is 8.31. The Balaban J connectivity index is 1.65. The molecule has 0 saturated heterocycles. The Morgan fingerprint density at radius 2 is 1.93 bits per heavy atom. The molecule has 1 heterocycles. The van der Waals surface area contributed by atoms with Crippen LogP contribution in [0.5, 0.6) is 11.5 Å². The molecule has 140 valence electrons. The number of nitrogens with zero attached hydrogens (tertiary/aromatic N) is 1. The quantitative estimate of drug-likeness (QED) is 0.573. The summed E-state index contributed by atoms with van der Waals surface area (Å²) in [6, 6.07) is 13.1. The topological polar surface area (TPSA) is 70.8 Å². The molecule has 0 spiro atoms. The number of hydrogen-bond acceptors (Lipinski definition) is 6. The molecule has 0 fully saturated rings. The molecule has 0 amide bonds. The first-order chi connectivity index (χ1) is 13.1. The third-order valence-corrected chi connectivity index (χ3v) is 3.54. The van der Waals surface area contributed by atoms with Crippen LogP contribution in [-0.2, 0) is 11.3 Å². The van der Waals surface area contributed by atoms with E-state index >= 15 is 0 Å². The van der Waals surface area contributed by atoms with Crippen molar-refractivity contribution in [2.45, 2.75) is 13.2 Å². The highest BCUT2D eigenvalue weighted by Gasteiger charge is 2.16. The molecule has 0 aliphatic carbocycles. The van der Waals surface area contributed by atoms with Crippen molar-refractivity contribution >= 4 is 5.97 Å². The molecule has 3 aromatic rings. The maximum Gasteiger partial charge on any atom is 0.387 e. The number of hydrogen-bond donors (Lipinski definition) is 0. The van der Waals surface area contributed by atoms with E-state index in [1.807, 2.05) is 30.3 Å². The van der Waals surface area contributed by atoms with Gasteiger partial charge in [-0.3, -0.25) is 0 Å². The summed E-state index contributed by atoms with van der Waals surface area (Å²) in [6.07, 6.45) is 1.40. The first-order valence-corrected chi connectivity index (χ1v) is 7.86. The number of rotatable bonds is 7. The Morgan fingerprint density at radius 3 is 2.63 bits per heavy atom. The molecule has 8 heteroatoms. The summed E-state index contributed by atoms with van der Waals surface area (Å²) in [7, 11) is 1.28. The molecule has 0 saturated carbocycles. The average Bonchev–Trinajstić information content (AvgIpc) is 3.16. The van der Waals surface area contributed by atoms with Crippen LogP contribution in [0.3, 0.4) is 0 Å². The molecule has 0 bridgehead atoms. The lowest BCUT2D eigenvalue weighted by Crippen LogP contribution is -2.07. The Bertz CT molecular complexity index is 911. The van der Waals surface area contributed by atoms with E-state index in [-0.39, 0.29) is 23.7 Å². The normalized spacial score (nSPS) is 10.7. The highest BCUT2D eigenvalue weighted by atomic mass is 19.3. The molecular weight excluding hydrogens is 360 g/mol. The summed E-state index contributed by atoms with van der Waals surface area (Å²) in [6.45, 7) is -3.10. The summed E-state index contributed by atoms with van der Waals surface area (Å²) >= 11 is 0. The number of benzene rings is 2. The maximum atomic E-state index is 12.3. The largest absolute Gasteiger partial charge is 0.493 e. The van der Waals surface area contributed by atoms with Gasteiger partial charge in [-0.25, -0.2) is 9.78 Å². The van der Waals surface area contributed by atoms with Crippen LogP contribution in [0.2, 0.25) is 0 Å². The van der Waals surface area contributed by atoms with Crippen LogP contribution >= 0.6 is 0 Å². The fourth-order valence-electron chi connectivity index (χ4n) is 2.30. The maximum absolute atomic E-state index is 12.3. The van der Waals surface area contributed by atoms with Crippen LogP contribution in [0.1, 0.15) is 16.1 Å². The van der Waals surface area contributed by atoms with Gasteiger partial charge in [0.2, 0.25) is 5.89 Å². The van der Waals surface area contributed by atoms with E-state index in [1.165, 1.54) is 31.6 Å². The molecule has 2 aromatic carbocycles. The lowest BCUT2D eigenvalue weighted by atomic mass is 10.2. The van der Waals surface area contributed by atoms with Crippen LogP contribution in [0.25, 0.3) is 11.5 Å². The Hall–Kier alpha value is -3.42. The van der Waals surface area contributed by atoms with Crippen molar-refractivity contribution < 1.29 is 32.2 Å². The van der Waals surface area contributed by atoms with E-state index in [0.29, 0.717) is 11.6 Å². The first-order valence-electron chi connectivity index (χ1n) is 7.86. The van der Waals surface area contributed by atoms with Gasteiger partial charge in [0.15, 0.2) is 11.5 Å². The van der Waals surface area contributed by atoms with Gasteiger partial charge < -0.3 is 18.6 Å². The molecular formula is C19H15F2NO5. The van der Waals surface area contributed by atoms with Gasteiger partial charge in [-0.1, -0.05) is 18.2 Å². The molecule has 0 radical (unpaired) electrons. The molecule has 0 unspecified atom stereocenters. The second-order valence-corrected chi connectivity index (χ2v) is 5.33. The van der Waals surface area contributed by atoms with Gasteiger partial charge in [0.05, 0.1) is 12.7 Å². The lowest BCUT2D eigenvalue weighted by Gasteiger charge is -2.11. The van der Waals surface area contributed by atoms with E-state index in [4.69, 9.17) is 13.9 Å². The monoisotopic (exact) mass is 375 g/mol. The summed E-state index contributed by atoms with van der Waals surface area (Å²) in [4.78, 5) is 16.4. The third kappa shape index (κ3) is 4.60. The lowest BCUT2D eigenvalue weighted by molar-refractivity contribution is -0.0512. The average molecular weight is 375 g/mol. The van der Waals surface area contributed by atoms with Gasteiger partial charge in [0.1, 0.15) is 18.6 Å². The molecule has 3 rings (SSSR count). The molecule has 1 aromatic heterocycles. The van der Waals surface area contributed by atoms with E-state index in [1.54, 1.807) is 0 Å². The van der Waals surface area contributed by atoms with E-state index in [2.05, 4.69) is 9.72 Å². The highest BCUT2D eigenvalue weighted by Crippen LogP contribution is 2.29. The number of esters is 1. The number of methoxy groups -OCH3 is 1. The summed E-state index contributed by atoms with van der Waals surface area (Å²) in [5, 5.41) is 0. The second-order valence-electron chi connectivity index (χ2n) is 5.33. The standard InChI is InChI=1S/C19H15F2NO5/c1-24-16-9-13(7-8-15(16)27-19(20)21)18(23)26-11-14-10-25-17(22-14)12-5-3-2-4-6-12/h2-10,19H,11H2,1H3. The van der Waals surface area contributed by atoms with Gasteiger partial charge in [0, 0.05) is 5.56 Å². The third-order valence-electron chi connectivity index (χ3n) is 3.54. The van der Waals surface area contributed by atoms with Gasteiger partial charge in [-0.15, -0.1) is 0 Å². The van der Waals surface area contributed by atoms with Gasteiger partial charge in [0.25, 0.3) is 0 Å². The van der Waals surface area contributed by atoms with Crippen molar-refractivity contribution in [3.05, 3.63) is 66.1 Å². The summed E-state index contributed by atoms with van der Waals surface area (Å²) in [5.41, 5.74) is 1.36. The summed E-state index contributed by atoms with van der Waals surface area (Å²) < 4.78 is 44.5. The number of oxazole rings is 1. The molecule has 0 aliphatic heterocycles. The molecule has 0 N–H and O–H groups in total. The van der Waals surface area contributed by atoms with Crippen molar-refractivity contribution in [3.63, 3.8) is 0 Å². The number of halogens is 2. The van der Waals surface area contributed by atoms with Crippen molar-refractivity contribution in [1.82, 2.24) is 4.98 Å². The number of alkyl halides is 2. The Kier molecular flexibility index (Phi) is 5.65. The molecule has 0 aliphatic rings. The molecule has 27 heavy (non-hydrogen) atoms. The zero-order chi connectivity index (χ0) is 19.2. The number of aromatic nitrogens is 1. The SMILES string of the molecule is COc1cc(C(=O)OCc2coc(-c3ccccc3)n2)ccc1OC(F)F. The van der Waals surface area contributed by atoms with Crippen molar-refractivity contribution in [2.24, 2.45) is 0 Å². The minimum Gasteiger partial charge on any atom is -0.493 e. The minimum atomic E-state index is -3.00. The fraction of sp³-hybridized carbons (Fsp3) is 0.158. The van der Waals surface area contributed by atoms with Gasteiger partial charge in [-0.2, -0.15) is 8.78 Å². The van der Waals surface area contributed by atoms with Crippen LogP contribution in [0.15, 0.2) is 59.2 Å². The van der Waals surface area contributed by atoms with Crippen LogP contribution < -0.4 is 9.47 Å². The minimum absolute atomic E-state index is 0.00227. The molecule has 6 nitrogen and oxygen atoms in total. The fourth-order valence-corrected chi connectivity index (χ4v) is 2.30. The predicted molar refractivity (Wildman–Crippen MR) is 90.7 cm³/mol. The zero-order valence-corrected chi connectivity index (χ0v) is 14.2. The zero-order valence-electron chi connectivity index (χ0n) is 14.2. The van der Waals surface area contributed by atoms with E-state index in [9.17, 15) is 13.6 Å². The molecule has 0 atom stereocenters. The van der Waals surface area contributed by atoms with Crippen molar-refractivity contribution in [3.8, 4) is 23.0 Å². The van der Waals surface area contributed by atoms with Crippen molar-refractivity contribution in [1.29, 1.82) is 0 Å². The van der Waals surface area contributed by atoms with E-state index < -0.39 is 12.6 Å². The smallest absolute Gasteiger partial charge is 0.387 e. The van der Waals surface area contributed by atoms with Gasteiger partial charge in [-0.05, 0) is 30.3 Å². The number of carbonyl (C=O) groups excluding carboxylic acids is 1. The Labute approximate surface area is 153 Å². The van der Waals surface area contributed by atoms with Crippen LogP contribution in [-0.4, -0.2) is 24.7 Å². The number of carbonyl (C=O) groups is 1. The highest BCUT2D eigenvalue weighted by molar-refractivity contribution is 5.90. The van der Waals surface area contributed by atoms with Crippen molar-refractivity contribution in [2.75, 3.05) is 7.11 Å². The van der Waals surface area contributed by atoms with Gasteiger partial charge >= 0.3 is 12.6 Å². The van der Waals surface area contributed by atoms with E-state index in [0.717, 1.165) is 5.56 Å². The van der Waals surface area contributed by atoms with Crippen LogP contribution in [0.4, 0.5) is 8.78 Å².